The molecule has 0 radical (unpaired) electrons. The molecule has 2 unspecified atom stereocenters. The van der Waals surface area contributed by atoms with Crippen LogP contribution >= 0.6 is 0 Å². The summed E-state index contributed by atoms with van der Waals surface area (Å²) in [5.74, 6) is 0.105. The molecular formula is C11H19NO2. The van der Waals surface area contributed by atoms with Crippen molar-refractivity contribution < 1.29 is 9.90 Å². The van der Waals surface area contributed by atoms with E-state index < -0.39 is 5.97 Å². The van der Waals surface area contributed by atoms with Crippen molar-refractivity contribution in [2.75, 3.05) is 13.1 Å². The molecule has 80 valence electrons. The van der Waals surface area contributed by atoms with Gasteiger partial charge in [0.1, 0.15) is 0 Å². The van der Waals surface area contributed by atoms with Gasteiger partial charge in [0.2, 0.25) is 0 Å². The molecule has 0 aromatic heterocycles. The second kappa shape index (κ2) is 3.89. The minimum Gasteiger partial charge on any atom is -0.481 e. The molecule has 2 atom stereocenters. The number of carboxylic acids is 1. The number of carbonyl (C=O) groups is 1. The Hall–Kier alpha value is -0.570. The fraction of sp³-hybridized carbons (Fsp3) is 0.909. The molecule has 14 heavy (non-hydrogen) atoms. The average Bonchev–Trinajstić information content (AvgIpc) is 2.40. The first-order valence-corrected chi connectivity index (χ1v) is 5.65. The third-order valence-corrected chi connectivity index (χ3v) is 3.92. The predicted molar refractivity (Wildman–Crippen MR) is 54.1 cm³/mol. The summed E-state index contributed by atoms with van der Waals surface area (Å²) >= 11 is 0. The molecule has 0 bridgehead atoms. The molecule has 0 amide bonds. The molecule has 1 heterocycles. The number of likely N-dealkylation sites (tertiary alicyclic amines) is 1. The van der Waals surface area contributed by atoms with Gasteiger partial charge in [0, 0.05) is 12.6 Å². The average molecular weight is 197 g/mol. The minimum atomic E-state index is -0.617. The lowest BCUT2D eigenvalue weighted by Gasteiger charge is -2.32. The molecule has 2 fully saturated rings. The number of hydrogen-bond donors (Lipinski definition) is 1. The molecule has 1 saturated carbocycles. The van der Waals surface area contributed by atoms with Gasteiger partial charge in [0.05, 0.1) is 5.92 Å². The van der Waals surface area contributed by atoms with E-state index in [9.17, 15) is 4.79 Å². The van der Waals surface area contributed by atoms with Crippen LogP contribution in [0.25, 0.3) is 0 Å². The predicted octanol–water partition coefficient (Wildman–Crippen LogP) is 1.58. The fourth-order valence-corrected chi connectivity index (χ4v) is 2.60. The van der Waals surface area contributed by atoms with Crippen molar-refractivity contribution in [2.24, 2.45) is 11.8 Å². The van der Waals surface area contributed by atoms with Gasteiger partial charge in [-0.15, -0.1) is 0 Å². The van der Waals surface area contributed by atoms with E-state index in [1.165, 1.54) is 19.3 Å². The van der Waals surface area contributed by atoms with Crippen molar-refractivity contribution >= 4 is 5.97 Å². The lowest BCUT2D eigenvalue weighted by Crippen LogP contribution is -2.37. The molecule has 1 saturated heterocycles. The van der Waals surface area contributed by atoms with Crippen LogP contribution in [0.2, 0.25) is 0 Å². The van der Waals surface area contributed by atoms with Gasteiger partial charge in [-0.25, -0.2) is 0 Å². The van der Waals surface area contributed by atoms with Crippen LogP contribution in [0.15, 0.2) is 0 Å². The summed E-state index contributed by atoms with van der Waals surface area (Å²) in [5.41, 5.74) is 0. The molecule has 0 aromatic rings. The van der Waals surface area contributed by atoms with E-state index in [1.807, 2.05) is 0 Å². The molecule has 1 N–H and O–H groups in total. The Balaban J connectivity index is 1.85. The van der Waals surface area contributed by atoms with Crippen molar-refractivity contribution in [1.29, 1.82) is 0 Å². The number of hydrogen-bond acceptors (Lipinski definition) is 2. The highest BCUT2D eigenvalue weighted by Gasteiger charge is 2.36. The molecule has 2 rings (SSSR count). The van der Waals surface area contributed by atoms with Crippen LogP contribution in [0.3, 0.4) is 0 Å². The lowest BCUT2D eigenvalue weighted by molar-refractivity contribution is -0.142. The van der Waals surface area contributed by atoms with Gasteiger partial charge in [0.25, 0.3) is 0 Å². The van der Waals surface area contributed by atoms with Crippen LogP contribution in [0.1, 0.15) is 32.6 Å². The first-order chi connectivity index (χ1) is 6.68. The zero-order valence-corrected chi connectivity index (χ0v) is 8.78. The lowest BCUT2D eigenvalue weighted by atomic mass is 9.85. The highest BCUT2D eigenvalue weighted by molar-refractivity contribution is 5.71. The zero-order chi connectivity index (χ0) is 10.1. The van der Waals surface area contributed by atoms with Crippen LogP contribution < -0.4 is 0 Å². The first-order valence-electron chi connectivity index (χ1n) is 5.65. The maximum Gasteiger partial charge on any atom is 0.308 e. The second-order valence-electron chi connectivity index (χ2n) is 4.77. The highest BCUT2D eigenvalue weighted by atomic mass is 16.4. The van der Waals surface area contributed by atoms with E-state index in [1.54, 1.807) is 0 Å². The van der Waals surface area contributed by atoms with Crippen molar-refractivity contribution in [3.63, 3.8) is 0 Å². The quantitative estimate of drug-likeness (QED) is 0.746. The molecule has 2 aliphatic rings. The van der Waals surface area contributed by atoms with Crippen LogP contribution in [0.5, 0.6) is 0 Å². The Labute approximate surface area is 85.1 Å². The standard InChI is InChI=1S/C11H19NO2/c1-8-10(11(13)14)5-6-12(8)7-9-3-2-4-9/h8-10H,2-7H2,1H3,(H,13,14). The summed E-state index contributed by atoms with van der Waals surface area (Å²) in [6.45, 7) is 4.17. The van der Waals surface area contributed by atoms with Gasteiger partial charge in [-0.2, -0.15) is 0 Å². The summed E-state index contributed by atoms with van der Waals surface area (Å²) in [6.07, 6.45) is 4.90. The van der Waals surface area contributed by atoms with Crippen LogP contribution in [-0.4, -0.2) is 35.1 Å². The van der Waals surface area contributed by atoms with Gasteiger partial charge < -0.3 is 5.11 Å². The van der Waals surface area contributed by atoms with Crippen molar-refractivity contribution in [2.45, 2.75) is 38.6 Å². The zero-order valence-electron chi connectivity index (χ0n) is 8.78. The van der Waals surface area contributed by atoms with E-state index in [0.29, 0.717) is 0 Å². The Morgan fingerprint density at radius 3 is 2.57 bits per heavy atom. The van der Waals surface area contributed by atoms with Crippen molar-refractivity contribution in [3.05, 3.63) is 0 Å². The van der Waals surface area contributed by atoms with E-state index in [0.717, 1.165) is 25.4 Å². The number of carboxylic acid groups (broad SMARTS) is 1. The van der Waals surface area contributed by atoms with Gasteiger partial charge in [0.15, 0.2) is 0 Å². The number of nitrogens with zero attached hydrogens (tertiary/aromatic N) is 1. The summed E-state index contributed by atoms with van der Waals surface area (Å²) < 4.78 is 0. The van der Waals surface area contributed by atoms with Crippen molar-refractivity contribution in [1.82, 2.24) is 4.90 Å². The maximum atomic E-state index is 10.9. The van der Waals surface area contributed by atoms with Crippen LogP contribution in [0, 0.1) is 11.8 Å². The normalized spacial score (nSPS) is 34.4. The number of aliphatic carboxylic acids is 1. The summed E-state index contributed by atoms with van der Waals surface area (Å²) in [4.78, 5) is 13.3. The first kappa shape index (κ1) is 9.97. The van der Waals surface area contributed by atoms with E-state index in [2.05, 4.69) is 11.8 Å². The molecule has 1 aliphatic heterocycles. The van der Waals surface area contributed by atoms with E-state index in [-0.39, 0.29) is 12.0 Å². The largest absolute Gasteiger partial charge is 0.481 e. The van der Waals surface area contributed by atoms with Crippen LogP contribution in [0.4, 0.5) is 0 Å². The Kier molecular flexibility index (Phi) is 2.77. The molecule has 0 spiro atoms. The smallest absolute Gasteiger partial charge is 0.308 e. The molecule has 3 nitrogen and oxygen atoms in total. The third kappa shape index (κ3) is 1.78. The Morgan fingerprint density at radius 2 is 2.14 bits per heavy atom. The van der Waals surface area contributed by atoms with Gasteiger partial charge in [-0.05, 0) is 38.6 Å². The monoisotopic (exact) mass is 197 g/mol. The summed E-state index contributed by atoms with van der Waals surface area (Å²) in [6, 6.07) is 0.244. The van der Waals surface area contributed by atoms with Crippen LogP contribution in [-0.2, 0) is 4.79 Å². The fourth-order valence-electron chi connectivity index (χ4n) is 2.60. The van der Waals surface area contributed by atoms with Gasteiger partial charge in [-0.3, -0.25) is 9.69 Å². The van der Waals surface area contributed by atoms with E-state index in [4.69, 9.17) is 5.11 Å². The summed E-state index contributed by atoms with van der Waals surface area (Å²) in [7, 11) is 0. The third-order valence-electron chi connectivity index (χ3n) is 3.92. The van der Waals surface area contributed by atoms with Gasteiger partial charge >= 0.3 is 5.97 Å². The summed E-state index contributed by atoms with van der Waals surface area (Å²) in [5, 5.41) is 8.98. The number of rotatable bonds is 3. The van der Waals surface area contributed by atoms with Gasteiger partial charge in [-0.1, -0.05) is 6.42 Å². The second-order valence-corrected chi connectivity index (χ2v) is 4.77. The minimum absolute atomic E-state index is 0.130. The topological polar surface area (TPSA) is 40.5 Å². The maximum absolute atomic E-state index is 10.9. The van der Waals surface area contributed by atoms with Crippen molar-refractivity contribution in [3.8, 4) is 0 Å². The Morgan fingerprint density at radius 1 is 1.43 bits per heavy atom. The highest BCUT2D eigenvalue weighted by Crippen LogP contribution is 2.31. The molecular weight excluding hydrogens is 178 g/mol. The molecule has 0 aromatic carbocycles. The molecule has 1 aliphatic carbocycles. The Bertz CT molecular complexity index is 225. The molecule has 3 heteroatoms. The SMILES string of the molecule is CC1C(C(=O)O)CCN1CC1CCC1. The van der Waals surface area contributed by atoms with E-state index >= 15 is 0 Å².